The monoisotopic (exact) mass is 427 g/mol. The minimum atomic E-state index is -4.55. The van der Waals surface area contributed by atoms with E-state index in [4.69, 9.17) is 11.6 Å². The Hall–Kier alpha value is -2.21. The van der Waals surface area contributed by atoms with E-state index in [-0.39, 0.29) is 22.0 Å². The number of benzene rings is 2. The summed E-state index contributed by atoms with van der Waals surface area (Å²) in [5.74, 6) is -0.499. The van der Waals surface area contributed by atoms with Gasteiger partial charge in [-0.05, 0) is 41.2 Å². The van der Waals surface area contributed by atoms with Crippen LogP contribution in [0.15, 0.2) is 30.3 Å². The lowest BCUT2D eigenvalue weighted by atomic mass is 9.78. The second-order valence-corrected chi connectivity index (χ2v) is 9.47. The number of rotatable bonds is 2. The van der Waals surface area contributed by atoms with Crippen molar-refractivity contribution in [1.29, 1.82) is 0 Å². The molecule has 0 aliphatic carbocycles. The summed E-state index contributed by atoms with van der Waals surface area (Å²) in [5, 5.41) is 13.2. The summed E-state index contributed by atoms with van der Waals surface area (Å²) < 4.78 is 39.0. The highest BCUT2D eigenvalue weighted by Gasteiger charge is 2.31. The number of halogens is 4. The number of nitrogens with one attached hydrogen (secondary N) is 1. The van der Waals surface area contributed by atoms with Gasteiger partial charge in [0.15, 0.2) is 0 Å². The normalized spacial score (nSPS) is 12.8. The van der Waals surface area contributed by atoms with Gasteiger partial charge in [0.2, 0.25) is 0 Å². The Kier molecular flexibility index (Phi) is 6.01. The van der Waals surface area contributed by atoms with E-state index in [1.165, 1.54) is 0 Å². The van der Waals surface area contributed by atoms with Crippen LogP contribution in [0.3, 0.4) is 0 Å². The van der Waals surface area contributed by atoms with Gasteiger partial charge in [-0.1, -0.05) is 53.1 Å². The third-order valence-electron chi connectivity index (χ3n) is 4.53. The van der Waals surface area contributed by atoms with Gasteiger partial charge in [-0.2, -0.15) is 13.2 Å². The minimum absolute atomic E-state index is 0.00258. The summed E-state index contributed by atoms with van der Waals surface area (Å²) in [6, 6.07) is 5.87. The van der Waals surface area contributed by atoms with Crippen molar-refractivity contribution in [2.24, 2.45) is 0 Å². The number of hydrogen-bond donors (Lipinski definition) is 2. The van der Waals surface area contributed by atoms with E-state index in [0.717, 1.165) is 18.2 Å². The van der Waals surface area contributed by atoms with Gasteiger partial charge in [0.05, 0.1) is 16.3 Å². The van der Waals surface area contributed by atoms with Gasteiger partial charge in [0, 0.05) is 16.7 Å². The van der Waals surface area contributed by atoms with E-state index in [9.17, 15) is 23.1 Å². The number of amides is 1. The number of phenols is 1. The van der Waals surface area contributed by atoms with Gasteiger partial charge in [-0.15, -0.1) is 0 Å². The quantitative estimate of drug-likeness (QED) is 0.547. The molecule has 7 heteroatoms. The maximum atomic E-state index is 13.0. The summed E-state index contributed by atoms with van der Waals surface area (Å²) in [6.45, 7) is 11.4. The number of hydrogen-bond acceptors (Lipinski definition) is 2. The van der Waals surface area contributed by atoms with Crippen LogP contribution < -0.4 is 5.32 Å². The van der Waals surface area contributed by atoms with Crippen LogP contribution in [0.2, 0.25) is 5.02 Å². The molecule has 2 aromatic rings. The lowest BCUT2D eigenvalue weighted by Gasteiger charge is -2.28. The van der Waals surface area contributed by atoms with Crippen LogP contribution in [0.5, 0.6) is 5.75 Å². The van der Waals surface area contributed by atoms with Crippen molar-refractivity contribution in [3.8, 4) is 5.75 Å². The van der Waals surface area contributed by atoms with E-state index < -0.39 is 28.5 Å². The van der Waals surface area contributed by atoms with Gasteiger partial charge < -0.3 is 10.4 Å². The molecular weight excluding hydrogens is 403 g/mol. The summed E-state index contributed by atoms with van der Waals surface area (Å²) in [7, 11) is 0. The molecule has 2 aromatic carbocycles. The van der Waals surface area contributed by atoms with Crippen molar-refractivity contribution >= 4 is 23.2 Å². The Labute approximate surface area is 173 Å². The molecular formula is C22H25ClF3NO2. The molecule has 0 aliphatic rings. The number of phenolic OH excluding ortho intramolecular Hbond substituents is 1. The third-order valence-corrected chi connectivity index (χ3v) is 4.86. The van der Waals surface area contributed by atoms with Crippen LogP contribution in [-0.2, 0) is 17.0 Å². The van der Waals surface area contributed by atoms with Gasteiger partial charge in [-0.3, -0.25) is 4.79 Å². The van der Waals surface area contributed by atoms with Gasteiger partial charge >= 0.3 is 6.18 Å². The molecule has 0 bridgehead atoms. The van der Waals surface area contributed by atoms with Crippen LogP contribution in [0.4, 0.5) is 18.9 Å². The number of alkyl halides is 3. The first-order chi connectivity index (χ1) is 13.0. The predicted molar refractivity (Wildman–Crippen MR) is 110 cm³/mol. The smallest absolute Gasteiger partial charge is 0.416 e. The number of anilines is 1. The number of aromatic hydroxyl groups is 1. The Morgan fingerprint density at radius 2 is 1.41 bits per heavy atom. The standard InChI is InChI=1S/C22H25ClF3NO2/c1-20(2,3)14-9-12(10-15(18(14)28)21(4,5)6)19(29)27-17-11-13(22(24,25)26)7-8-16(17)23/h7-11,28H,1-6H3,(H,27,29). The molecule has 1 amide bonds. The van der Waals surface area contributed by atoms with E-state index in [1.807, 2.05) is 41.5 Å². The second-order valence-electron chi connectivity index (χ2n) is 9.07. The van der Waals surface area contributed by atoms with Crippen LogP contribution in [0, 0.1) is 0 Å². The Morgan fingerprint density at radius 3 is 1.83 bits per heavy atom. The molecule has 158 valence electrons. The SMILES string of the molecule is CC(C)(C)c1cc(C(=O)Nc2cc(C(F)(F)F)ccc2Cl)cc(C(C)(C)C)c1O. The van der Waals surface area contributed by atoms with Crippen LogP contribution in [0.25, 0.3) is 0 Å². The zero-order valence-corrected chi connectivity index (χ0v) is 18.0. The molecule has 29 heavy (non-hydrogen) atoms. The van der Waals surface area contributed by atoms with Crippen molar-refractivity contribution < 1.29 is 23.1 Å². The van der Waals surface area contributed by atoms with Crippen molar-refractivity contribution in [1.82, 2.24) is 0 Å². The minimum Gasteiger partial charge on any atom is -0.507 e. The fourth-order valence-electron chi connectivity index (χ4n) is 2.90. The average Bonchev–Trinajstić information content (AvgIpc) is 2.53. The van der Waals surface area contributed by atoms with Gasteiger partial charge in [0.25, 0.3) is 5.91 Å². The molecule has 0 fully saturated rings. The molecule has 0 aromatic heterocycles. The molecule has 0 radical (unpaired) electrons. The average molecular weight is 428 g/mol. The van der Waals surface area contributed by atoms with Crippen LogP contribution in [0.1, 0.15) is 68.6 Å². The lowest BCUT2D eigenvalue weighted by Crippen LogP contribution is -2.21. The van der Waals surface area contributed by atoms with Crippen molar-refractivity contribution in [3.63, 3.8) is 0 Å². The highest BCUT2D eigenvalue weighted by Crippen LogP contribution is 2.40. The van der Waals surface area contributed by atoms with E-state index in [0.29, 0.717) is 11.1 Å². The van der Waals surface area contributed by atoms with E-state index >= 15 is 0 Å². The Morgan fingerprint density at radius 1 is 0.931 bits per heavy atom. The Bertz CT molecular complexity index is 904. The fraction of sp³-hybridized carbons (Fsp3) is 0.409. The molecule has 0 atom stereocenters. The third kappa shape index (κ3) is 5.24. The van der Waals surface area contributed by atoms with Crippen LogP contribution >= 0.6 is 11.6 Å². The molecule has 0 aliphatic heterocycles. The molecule has 0 saturated carbocycles. The summed E-state index contributed by atoms with van der Waals surface area (Å²) in [4.78, 5) is 12.9. The van der Waals surface area contributed by atoms with Crippen molar-refractivity contribution in [3.05, 3.63) is 57.6 Å². The highest BCUT2D eigenvalue weighted by atomic mass is 35.5. The molecule has 2 N–H and O–H groups in total. The summed E-state index contributed by atoms with van der Waals surface area (Å²) >= 11 is 5.99. The maximum absolute atomic E-state index is 13.0. The predicted octanol–water partition coefficient (Wildman–Crippen LogP) is 6.91. The van der Waals surface area contributed by atoms with E-state index in [1.54, 1.807) is 12.1 Å². The zero-order valence-electron chi connectivity index (χ0n) is 17.3. The van der Waals surface area contributed by atoms with Gasteiger partial charge in [0.1, 0.15) is 5.75 Å². The fourth-order valence-corrected chi connectivity index (χ4v) is 3.07. The molecule has 3 nitrogen and oxygen atoms in total. The summed E-state index contributed by atoms with van der Waals surface area (Å²) in [5.41, 5.74) is -0.563. The first-order valence-corrected chi connectivity index (χ1v) is 9.45. The maximum Gasteiger partial charge on any atom is 0.416 e. The topological polar surface area (TPSA) is 49.3 Å². The van der Waals surface area contributed by atoms with Crippen molar-refractivity contribution in [2.75, 3.05) is 5.32 Å². The van der Waals surface area contributed by atoms with Gasteiger partial charge in [-0.25, -0.2) is 0 Å². The first kappa shape index (κ1) is 23.1. The highest BCUT2D eigenvalue weighted by molar-refractivity contribution is 6.34. The first-order valence-electron chi connectivity index (χ1n) is 9.08. The molecule has 0 saturated heterocycles. The second kappa shape index (κ2) is 7.56. The van der Waals surface area contributed by atoms with Crippen LogP contribution in [-0.4, -0.2) is 11.0 Å². The summed E-state index contributed by atoms with van der Waals surface area (Å²) in [6.07, 6.45) is -4.55. The lowest BCUT2D eigenvalue weighted by molar-refractivity contribution is -0.137. The Balaban J connectivity index is 2.54. The largest absolute Gasteiger partial charge is 0.507 e. The molecule has 0 heterocycles. The molecule has 0 unspecified atom stereocenters. The molecule has 2 rings (SSSR count). The van der Waals surface area contributed by atoms with E-state index in [2.05, 4.69) is 5.32 Å². The van der Waals surface area contributed by atoms with Crippen molar-refractivity contribution in [2.45, 2.75) is 58.5 Å². The number of carbonyl (C=O) groups excluding carboxylic acids is 1. The zero-order chi connectivity index (χ0) is 22.4. The number of carbonyl (C=O) groups is 1. The molecule has 0 spiro atoms.